The van der Waals surface area contributed by atoms with Crippen molar-refractivity contribution < 1.29 is 17.2 Å². The van der Waals surface area contributed by atoms with Crippen LogP contribution < -0.4 is 4.72 Å². The highest BCUT2D eigenvalue weighted by molar-refractivity contribution is 7.92. The third-order valence-electron chi connectivity index (χ3n) is 3.27. The maximum Gasteiger partial charge on any atom is 0.264 e. The van der Waals surface area contributed by atoms with Gasteiger partial charge in [0.1, 0.15) is 16.5 Å². The number of rotatable bonds is 5. The topological polar surface area (TPSA) is 64.0 Å². The summed E-state index contributed by atoms with van der Waals surface area (Å²) in [5.41, 5.74) is 1.06. The van der Waals surface area contributed by atoms with Gasteiger partial charge in [0, 0.05) is 18.1 Å². The molecule has 0 unspecified atom stereocenters. The molecule has 0 atom stereocenters. The summed E-state index contributed by atoms with van der Waals surface area (Å²) in [5, 5.41) is 4.07. The molecule has 24 heavy (non-hydrogen) atoms. The van der Waals surface area contributed by atoms with Crippen LogP contribution in [-0.2, 0) is 16.6 Å². The van der Waals surface area contributed by atoms with Gasteiger partial charge in [-0.3, -0.25) is 9.40 Å². The maximum atomic E-state index is 13.7. The minimum absolute atomic E-state index is 0.253. The highest BCUT2D eigenvalue weighted by Crippen LogP contribution is 2.20. The van der Waals surface area contributed by atoms with E-state index < -0.39 is 26.6 Å². The van der Waals surface area contributed by atoms with Crippen LogP contribution in [0.1, 0.15) is 5.56 Å². The van der Waals surface area contributed by atoms with Crippen LogP contribution in [-0.4, -0.2) is 18.2 Å². The fourth-order valence-corrected chi connectivity index (χ4v) is 3.35. The van der Waals surface area contributed by atoms with Crippen molar-refractivity contribution in [1.29, 1.82) is 0 Å². The van der Waals surface area contributed by atoms with Crippen molar-refractivity contribution >= 4 is 15.7 Å². The average molecular weight is 349 g/mol. The van der Waals surface area contributed by atoms with Gasteiger partial charge in [-0.2, -0.15) is 5.10 Å². The van der Waals surface area contributed by atoms with Crippen LogP contribution >= 0.6 is 0 Å². The molecule has 0 bridgehead atoms. The Kier molecular flexibility index (Phi) is 4.30. The molecule has 2 aromatic carbocycles. The van der Waals surface area contributed by atoms with Gasteiger partial charge in [-0.05, 0) is 42.0 Å². The molecule has 0 fully saturated rings. The standard InChI is InChI=1S/C16H13F2N3O2S/c17-13-5-6-15(18)16(10-13)24(22,23)20-14-4-1-3-12(9-14)11-21-8-2-7-19-21/h1-10,20H,11H2. The SMILES string of the molecule is O=S(=O)(Nc1cccc(Cn2cccn2)c1)c1cc(F)ccc1F. The van der Waals surface area contributed by atoms with Gasteiger partial charge in [0.15, 0.2) is 0 Å². The first-order valence-electron chi connectivity index (χ1n) is 6.98. The number of sulfonamides is 1. The Morgan fingerprint density at radius 2 is 1.92 bits per heavy atom. The van der Waals surface area contributed by atoms with Crippen molar-refractivity contribution in [3.05, 3.63) is 78.1 Å². The molecule has 3 aromatic rings. The predicted octanol–water partition coefficient (Wildman–Crippen LogP) is 3.01. The summed E-state index contributed by atoms with van der Waals surface area (Å²) in [7, 11) is -4.23. The van der Waals surface area contributed by atoms with E-state index in [1.165, 1.54) is 6.07 Å². The Labute approximate surface area is 137 Å². The second kappa shape index (κ2) is 6.40. The number of benzene rings is 2. The highest BCUT2D eigenvalue weighted by Gasteiger charge is 2.20. The van der Waals surface area contributed by atoms with E-state index in [0.717, 1.165) is 17.7 Å². The number of anilines is 1. The zero-order valence-electron chi connectivity index (χ0n) is 12.4. The molecule has 0 saturated carbocycles. The van der Waals surface area contributed by atoms with Gasteiger partial charge in [-0.1, -0.05) is 12.1 Å². The number of halogens is 2. The van der Waals surface area contributed by atoms with Crippen LogP contribution in [0.3, 0.4) is 0 Å². The second-order valence-corrected chi connectivity index (χ2v) is 6.74. The molecule has 0 saturated heterocycles. The smallest absolute Gasteiger partial charge is 0.264 e. The first-order chi connectivity index (χ1) is 11.4. The molecule has 0 aliphatic carbocycles. The summed E-state index contributed by atoms with van der Waals surface area (Å²) < 4.78 is 55.4. The highest BCUT2D eigenvalue weighted by atomic mass is 32.2. The third-order valence-corrected chi connectivity index (χ3v) is 4.66. The van der Waals surface area contributed by atoms with E-state index in [0.29, 0.717) is 12.6 Å². The summed E-state index contributed by atoms with van der Waals surface area (Å²) in [5.74, 6) is -1.85. The average Bonchev–Trinajstić information content (AvgIpc) is 3.02. The lowest BCUT2D eigenvalue weighted by Gasteiger charge is -2.10. The molecule has 0 aliphatic rings. The number of nitrogens with one attached hydrogen (secondary N) is 1. The lowest BCUT2D eigenvalue weighted by molar-refractivity contribution is 0.555. The van der Waals surface area contributed by atoms with Gasteiger partial charge in [-0.15, -0.1) is 0 Å². The van der Waals surface area contributed by atoms with Crippen LogP contribution in [0, 0.1) is 11.6 Å². The number of hydrogen-bond donors (Lipinski definition) is 1. The van der Waals surface area contributed by atoms with Crippen molar-refractivity contribution in [3.63, 3.8) is 0 Å². The second-order valence-electron chi connectivity index (χ2n) is 5.08. The quantitative estimate of drug-likeness (QED) is 0.770. The Morgan fingerprint density at radius 3 is 2.67 bits per heavy atom. The molecule has 0 radical (unpaired) electrons. The Hall–Kier alpha value is -2.74. The van der Waals surface area contributed by atoms with Crippen molar-refractivity contribution in [2.24, 2.45) is 0 Å². The van der Waals surface area contributed by atoms with Gasteiger partial charge in [0.05, 0.1) is 6.54 Å². The maximum absolute atomic E-state index is 13.7. The van der Waals surface area contributed by atoms with Crippen molar-refractivity contribution in [3.8, 4) is 0 Å². The summed E-state index contributed by atoms with van der Waals surface area (Å²) in [4.78, 5) is -0.736. The monoisotopic (exact) mass is 349 g/mol. The van der Waals surface area contributed by atoms with Crippen LogP contribution in [0.15, 0.2) is 65.8 Å². The number of hydrogen-bond acceptors (Lipinski definition) is 3. The number of nitrogens with zero attached hydrogens (tertiary/aromatic N) is 2. The summed E-state index contributed by atoms with van der Waals surface area (Å²) in [6, 6.07) is 10.7. The van der Waals surface area contributed by atoms with Crippen molar-refractivity contribution in [1.82, 2.24) is 9.78 Å². The fraction of sp³-hybridized carbons (Fsp3) is 0.0625. The fourth-order valence-electron chi connectivity index (χ4n) is 2.21. The van der Waals surface area contributed by atoms with Gasteiger partial charge in [0.2, 0.25) is 0 Å². The Balaban J connectivity index is 1.86. The first kappa shape index (κ1) is 16.1. The molecule has 5 nitrogen and oxygen atoms in total. The molecule has 0 aliphatic heterocycles. The van der Waals surface area contributed by atoms with E-state index in [1.54, 1.807) is 35.3 Å². The lowest BCUT2D eigenvalue weighted by atomic mass is 10.2. The number of aromatic nitrogens is 2. The summed E-state index contributed by atoms with van der Waals surface area (Å²) in [6.45, 7) is 0.455. The molecule has 0 amide bonds. The predicted molar refractivity (Wildman–Crippen MR) is 84.9 cm³/mol. The normalized spacial score (nSPS) is 11.4. The van der Waals surface area contributed by atoms with Crippen molar-refractivity contribution in [2.45, 2.75) is 11.4 Å². The van der Waals surface area contributed by atoms with Crippen LogP contribution in [0.2, 0.25) is 0 Å². The van der Waals surface area contributed by atoms with E-state index >= 15 is 0 Å². The molecule has 1 N–H and O–H groups in total. The van der Waals surface area contributed by atoms with Crippen LogP contribution in [0.5, 0.6) is 0 Å². The third kappa shape index (κ3) is 3.60. The van der Waals surface area contributed by atoms with Crippen LogP contribution in [0.25, 0.3) is 0 Å². The Morgan fingerprint density at radius 1 is 1.08 bits per heavy atom. The first-order valence-corrected chi connectivity index (χ1v) is 8.46. The van der Waals surface area contributed by atoms with Gasteiger partial charge in [0.25, 0.3) is 10.0 Å². The van der Waals surface area contributed by atoms with E-state index in [2.05, 4.69) is 9.82 Å². The minimum atomic E-state index is -4.23. The van der Waals surface area contributed by atoms with E-state index in [9.17, 15) is 17.2 Å². The molecule has 8 heteroatoms. The van der Waals surface area contributed by atoms with Crippen LogP contribution in [0.4, 0.5) is 14.5 Å². The van der Waals surface area contributed by atoms with Crippen molar-refractivity contribution in [2.75, 3.05) is 4.72 Å². The molecule has 1 aromatic heterocycles. The Bertz CT molecular complexity index is 957. The van der Waals surface area contributed by atoms with Gasteiger partial charge < -0.3 is 0 Å². The van der Waals surface area contributed by atoms with E-state index in [1.807, 2.05) is 6.07 Å². The molecular formula is C16H13F2N3O2S. The molecule has 0 spiro atoms. The van der Waals surface area contributed by atoms with Gasteiger partial charge >= 0.3 is 0 Å². The van der Waals surface area contributed by atoms with E-state index in [-0.39, 0.29) is 5.69 Å². The summed E-state index contributed by atoms with van der Waals surface area (Å²) >= 11 is 0. The lowest BCUT2D eigenvalue weighted by Crippen LogP contribution is -2.15. The molecule has 3 rings (SSSR count). The van der Waals surface area contributed by atoms with E-state index in [4.69, 9.17) is 0 Å². The molecule has 124 valence electrons. The summed E-state index contributed by atoms with van der Waals surface area (Å²) in [6.07, 6.45) is 3.41. The minimum Gasteiger partial charge on any atom is -0.280 e. The zero-order chi connectivity index (χ0) is 17.2. The van der Waals surface area contributed by atoms with Gasteiger partial charge in [-0.25, -0.2) is 17.2 Å². The largest absolute Gasteiger partial charge is 0.280 e. The molecular weight excluding hydrogens is 336 g/mol. The zero-order valence-corrected chi connectivity index (χ0v) is 13.2. The molecule has 1 heterocycles.